The van der Waals surface area contributed by atoms with Crippen LogP contribution in [0.5, 0.6) is 0 Å². The Morgan fingerprint density at radius 3 is 3.00 bits per heavy atom. The molecule has 1 aliphatic rings. The molecule has 0 aromatic heterocycles. The summed E-state index contributed by atoms with van der Waals surface area (Å²) in [4.78, 5) is 3.73. The Balaban J connectivity index is 2.38. The predicted molar refractivity (Wildman–Crippen MR) is 27.9 cm³/mol. The van der Waals surface area contributed by atoms with E-state index >= 15 is 0 Å². The Morgan fingerprint density at radius 2 is 2.83 bits per heavy atom. The SMILES string of the molecule is NC1CS[C]=N1. The van der Waals surface area contributed by atoms with Gasteiger partial charge in [-0.15, -0.1) is 11.8 Å². The van der Waals surface area contributed by atoms with Gasteiger partial charge in [-0.25, -0.2) is 0 Å². The minimum atomic E-state index is 0.0231. The third-order valence-electron chi connectivity index (χ3n) is 0.537. The molecule has 0 saturated carbocycles. The van der Waals surface area contributed by atoms with E-state index in [4.69, 9.17) is 5.73 Å². The number of hydrogen-bond acceptors (Lipinski definition) is 3. The first kappa shape index (κ1) is 4.15. The Labute approximate surface area is 40.8 Å². The van der Waals surface area contributed by atoms with Crippen molar-refractivity contribution in [2.75, 3.05) is 5.75 Å². The van der Waals surface area contributed by atoms with Gasteiger partial charge < -0.3 is 5.73 Å². The Kier molecular flexibility index (Phi) is 1.12. The molecule has 2 N–H and O–H groups in total. The molecule has 6 heavy (non-hydrogen) atoms. The third kappa shape index (κ3) is 0.725. The first-order valence-corrected chi connectivity index (χ1v) is 2.70. The predicted octanol–water partition coefficient (Wildman–Crippen LogP) is -0.0767. The van der Waals surface area contributed by atoms with E-state index in [0.717, 1.165) is 5.75 Å². The van der Waals surface area contributed by atoms with Gasteiger partial charge in [-0.3, -0.25) is 4.99 Å². The first-order valence-electron chi connectivity index (χ1n) is 1.72. The molecule has 0 aromatic rings. The number of nitrogens with two attached hydrogens (primary N) is 1. The van der Waals surface area contributed by atoms with Crippen molar-refractivity contribution in [2.24, 2.45) is 10.7 Å². The molecule has 0 amide bonds. The monoisotopic (exact) mass is 101 g/mol. The molecular weight excluding hydrogens is 96.1 g/mol. The van der Waals surface area contributed by atoms with Crippen molar-refractivity contribution in [3.05, 3.63) is 0 Å². The lowest BCUT2D eigenvalue weighted by molar-refractivity contribution is 0.822. The zero-order chi connectivity index (χ0) is 4.41. The van der Waals surface area contributed by atoms with Gasteiger partial charge in [-0.05, 0) is 0 Å². The van der Waals surface area contributed by atoms with Gasteiger partial charge in [0.05, 0.1) is 0 Å². The zero-order valence-corrected chi connectivity index (χ0v) is 4.03. The summed E-state index contributed by atoms with van der Waals surface area (Å²) in [5.41, 5.74) is 7.97. The number of nitrogens with zero attached hydrogens (tertiary/aromatic N) is 1. The van der Waals surface area contributed by atoms with Crippen LogP contribution in [0.2, 0.25) is 0 Å². The van der Waals surface area contributed by atoms with Gasteiger partial charge in [0.25, 0.3) is 0 Å². The van der Waals surface area contributed by atoms with Gasteiger partial charge in [0.1, 0.15) is 11.7 Å². The molecule has 1 rings (SSSR count). The summed E-state index contributed by atoms with van der Waals surface area (Å²) in [6.07, 6.45) is 0.0231. The van der Waals surface area contributed by atoms with Crippen molar-refractivity contribution in [3.8, 4) is 0 Å². The summed E-state index contributed by atoms with van der Waals surface area (Å²) in [6, 6.07) is 0. The highest BCUT2D eigenvalue weighted by molar-refractivity contribution is 8.12. The van der Waals surface area contributed by atoms with Crippen LogP contribution in [0.4, 0.5) is 0 Å². The zero-order valence-electron chi connectivity index (χ0n) is 3.22. The molecule has 1 unspecified atom stereocenters. The number of thioether (sulfide) groups is 1. The minimum absolute atomic E-state index is 0.0231. The number of hydrogen-bond donors (Lipinski definition) is 1. The molecule has 3 heteroatoms. The molecule has 0 aliphatic carbocycles. The smallest absolute Gasteiger partial charge is 0.124 e. The lowest BCUT2D eigenvalue weighted by Gasteiger charge is -1.88. The molecule has 1 heterocycles. The molecule has 0 spiro atoms. The molecule has 1 aliphatic heterocycles. The standard InChI is InChI=1S/C3H5N2S/c4-3-1-6-2-5-3/h3H,1,4H2. The molecule has 0 fully saturated rings. The molecule has 33 valence electrons. The lowest BCUT2D eigenvalue weighted by Crippen LogP contribution is -2.15. The molecule has 0 aromatic carbocycles. The van der Waals surface area contributed by atoms with Crippen LogP contribution < -0.4 is 5.73 Å². The van der Waals surface area contributed by atoms with E-state index in [1.807, 2.05) is 0 Å². The van der Waals surface area contributed by atoms with Crippen LogP contribution in [0.3, 0.4) is 0 Å². The average molecular weight is 101 g/mol. The summed E-state index contributed by atoms with van der Waals surface area (Å²) < 4.78 is 0. The number of aliphatic imine (C=N–C) groups is 1. The van der Waals surface area contributed by atoms with Gasteiger partial charge in [0.15, 0.2) is 0 Å². The van der Waals surface area contributed by atoms with Crippen LogP contribution in [-0.4, -0.2) is 17.5 Å². The van der Waals surface area contributed by atoms with Gasteiger partial charge in [-0.2, -0.15) is 0 Å². The highest BCUT2D eigenvalue weighted by Crippen LogP contribution is 2.04. The summed E-state index contributed by atoms with van der Waals surface area (Å²) in [6.45, 7) is 0. The average Bonchev–Trinajstić information content (AvgIpc) is 1.86. The molecular formula is C3H5N2S. The van der Waals surface area contributed by atoms with Crippen molar-refractivity contribution in [1.29, 1.82) is 0 Å². The molecule has 0 saturated heterocycles. The van der Waals surface area contributed by atoms with E-state index in [1.165, 1.54) is 0 Å². The molecule has 1 atom stereocenters. The Bertz CT molecular complexity index is 71.2. The Morgan fingerprint density at radius 1 is 2.00 bits per heavy atom. The van der Waals surface area contributed by atoms with E-state index in [1.54, 1.807) is 11.8 Å². The fourth-order valence-corrected chi connectivity index (χ4v) is 0.795. The summed E-state index contributed by atoms with van der Waals surface area (Å²) in [7, 11) is 0. The fourth-order valence-electron chi connectivity index (χ4n) is 0.265. The molecule has 2 nitrogen and oxygen atoms in total. The summed E-state index contributed by atoms with van der Waals surface area (Å²) in [5, 5.41) is 0. The van der Waals surface area contributed by atoms with Crippen LogP contribution in [-0.2, 0) is 0 Å². The Hall–Kier alpha value is -0.0200. The maximum atomic E-state index is 5.28. The van der Waals surface area contributed by atoms with Crippen molar-refractivity contribution >= 4 is 17.3 Å². The van der Waals surface area contributed by atoms with E-state index in [0.29, 0.717) is 0 Å². The van der Waals surface area contributed by atoms with Gasteiger partial charge >= 0.3 is 0 Å². The number of rotatable bonds is 0. The van der Waals surface area contributed by atoms with Crippen molar-refractivity contribution in [1.82, 2.24) is 0 Å². The highest BCUT2D eigenvalue weighted by atomic mass is 32.2. The maximum Gasteiger partial charge on any atom is 0.124 e. The fraction of sp³-hybridized carbons (Fsp3) is 0.667. The van der Waals surface area contributed by atoms with Crippen molar-refractivity contribution < 1.29 is 0 Å². The van der Waals surface area contributed by atoms with Gasteiger partial charge in [-0.1, -0.05) is 0 Å². The van der Waals surface area contributed by atoms with E-state index < -0.39 is 0 Å². The lowest BCUT2D eigenvalue weighted by atomic mass is 10.6. The highest BCUT2D eigenvalue weighted by Gasteiger charge is 2.02. The van der Waals surface area contributed by atoms with Gasteiger partial charge in [0.2, 0.25) is 0 Å². The van der Waals surface area contributed by atoms with Crippen LogP contribution in [0.25, 0.3) is 0 Å². The van der Waals surface area contributed by atoms with E-state index in [2.05, 4.69) is 10.5 Å². The second-order valence-corrected chi connectivity index (χ2v) is 1.90. The van der Waals surface area contributed by atoms with Crippen LogP contribution in [0, 0.1) is 0 Å². The molecule has 1 radical (unpaired) electrons. The third-order valence-corrected chi connectivity index (χ3v) is 1.28. The van der Waals surface area contributed by atoms with E-state index in [-0.39, 0.29) is 6.17 Å². The summed E-state index contributed by atoms with van der Waals surface area (Å²) >= 11 is 1.54. The van der Waals surface area contributed by atoms with Crippen molar-refractivity contribution in [2.45, 2.75) is 6.17 Å². The van der Waals surface area contributed by atoms with Crippen LogP contribution in [0.15, 0.2) is 4.99 Å². The van der Waals surface area contributed by atoms with Crippen LogP contribution in [0.1, 0.15) is 0 Å². The second-order valence-electron chi connectivity index (χ2n) is 1.10. The first-order chi connectivity index (χ1) is 2.89. The largest absolute Gasteiger partial charge is 0.309 e. The maximum absolute atomic E-state index is 5.28. The summed E-state index contributed by atoms with van der Waals surface area (Å²) in [5.74, 6) is 0.903. The normalized spacial score (nSPS) is 31.8. The van der Waals surface area contributed by atoms with Crippen molar-refractivity contribution in [3.63, 3.8) is 0 Å². The topological polar surface area (TPSA) is 38.4 Å². The van der Waals surface area contributed by atoms with E-state index in [9.17, 15) is 0 Å². The minimum Gasteiger partial charge on any atom is -0.309 e. The van der Waals surface area contributed by atoms with Crippen LogP contribution >= 0.6 is 11.8 Å². The quantitative estimate of drug-likeness (QED) is 0.463. The van der Waals surface area contributed by atoms with Gasteiger partial charge in [0, 0.05) is 5.75 Å². The molecule has 0 bridgehead atoms. The second kappa shape index (κ2) is 1.62.